The second kappa shape index (κ2) is 9.44. The molecule has 0 saturated carbocycles. The Morgan fingerprint density at radius 1 is 0.476 bits per heavy atom. The Balaban J connectivity index is 1.45. The third-order valence-electron chi connectivity index (χ3n) is 8.58. The maximum absolute atomic E-state index is 2.45. The van der Waals surface area contributed by atoms with Gasteiger partial charge in [-0.3, -0.25) is 0 Å². The zero-order valence-corrected chi connectivity index (χ0v) is 24.9. The van der Waals surface area contributed by atoms with Gasteiger partial charge in [0.15, 0.2) is 0 Å². The SMILES string of the molecule is CC(C)(C)c1ccc(N(c2ccc3ccccc3c2)c2cccc3c2sc2c4ccccc4c4ccccc4c32)cc1. The molecule has 0 unspecified atom stereocenters. The van der Waals surface area contributed by atoms with E-state index in [0.29, 0.717) is 0 Å². The van der Waals surface area contributed by atoms with Gasteiger partial charge in [0.1, 0.15) is 0 Å². The lowest BCUT2D eigenvalue weighted by atomic mass is 9.87. The number of hydrogen-bond acceptors (Lipinski definition) is 2. The fourth-order valence-electron chi connectivity index (χ4n) is 6.44. The van der Waals surface area contributed by atoms with Crippen LogP contribution in [0.15, 0.2) is 133 Å². The van der Waals surface area contributed by atoms with Gasteiger partial charge in [-0.05, 0) is 68.2 Å². The van der Waals surface area contributed by atoms with Crippen LogP contribution < -0.4 is 4.90 Å². The normalized spacial score (nSPS) is 12.2. The highest BCUT2D eigenvalue weighted by Gasteiger charge is 2.21. The summed E-state index contributed by atoms with van der Waals surface area (Å²) in [6.07, 6.45) is 0. The molecule has 0 amide bonds. The van der Waals surface area contributed by atoms with Gasteiger partial charge in [0.2, 0.25) is 0 Å². The summed E-state index contributed by atoms with van der Waals surface area (Å²) >= 11 is 1.92. The topological polar surface area (TPSA) is 3.24 Å². The smallest absolute Gasteiger partial charge is 0.0640 e. The number of nitrogens with zero attached hydrogens (tertiary/aromatic N) is 1. The van der Waals surface area contributed by atoms with E-state index in [1.807, 2.05) is 11.3 Å². The second-order valence-corrected chi connectivity index (χ2v) is 13.2. The number of thiophene rings is 1. The van der Waals surface area contributed by atoms with E-state index in [2.05, 4.69) is 159 Å². The zero-order valence-electron chi connectivity index (χ0n) is 24.1. The van der Waals surface area contributed by atoms with E-state index >= 15 is 0 Å². The summed E-state index contributed by atoms with van der Waals surface area (Å²) in [5.41, 5.74) is 4.97. The van der Waals surface area contributed by atoms with Gasteiger partial charge in [-0.1, -0.05) is 124 Å². The maximum atomic E-state index is 2.45. The Kier molecular flexibility index (Phi) is 5.64. The molecule has 0 fully saturated rings. The molecule has 0 spiro atoms. The minimum absolute atomic E-state index is 0.0971. The first-order chi connectivity index (χ1) is 20.5. The number of benzene rings is 7. The van der Waals surface area contributed by atoms with Crippen LogP contribution in [0, 0.1) is 0 Å². The third kappa shape index (κ3) is 3.90. The lowest BCUT2D eigenvalue weighted by Crippen LogP contribution is -2.13. The summed E-state index contributed by atoms with van der Waals surface area (Å²) in [4.78, 5) is 2.45. The van der Waals surface area contributed by atoms with E-state index < -0.39 is 0 Å². The van der Waals surface area contributed by atoms with Crippen LogP contribution in [-0.2, 0) is 5.41 Å². The minimum Gasteiger partial charge on any atom is -0.309 e. The van der Waals surface area contributed by atoms with Crippen LogP contribution in [0.2, 0.25) is 0 Å². The van der Waals surface area contributed by atoms with Crippen molar-refractivity contribution < 1.29 is 0 Å². The third-order valence-corrected chi connectivity index (χ3v) is 9.84. The first kappa shape index (κ1) is 25.1. The molecule has 202 valence electrons. The van der Waals surface area contributed by atoms with Gasteiger partial charge in [-0.15, -0.1) is 11.3 Å². The molecule has 0 aliphatic carbocycles. The molecule has 0 atom stereocenters. The van der Waals surface area contributed by atoms with E-state index in [1.54, 1.807) is 0 Å². The average molecular weight is 558 g/mol. The van der Waals surface area contributed by atoms with E-state index in [1.165, 1.54) is 63.7 Å². The summed E-state index contributed by atoms with van der Waals surface area (Å²) in [7, 11) is 0. The van der Waals surface area contributed by atoms with Crippen molar-refractivity contribution >= 4 is 80.9 Å². The van der Waals surface area contributed by atoms with Crippen LogP contribution in [-0.4, -0.2) is 0 Å². The van der Waals surface area contributed by atoms with E-state index in [0.717, 1.165) is 11.4 Å². The van der Waals surface area contributed by atoms with Crippen LogP contribution in [0.25, 0.3) is 52.5 Å². The molecule has 0 aliphatic heterocycles. The summed E-state index contributed by atoms with van der Waals surface area (Å²) in [6.45, 7) is 6.82. The predicted molar refractivity (Wildman–Crippen MR) is 185 cm³/mol. The summed E-state index contributed by atoms with van der Waals surface area (Å²) < 4.78 is 2.66. The highest BCUT2D eigenvalue weighted by atomic mass is 32.1. The summed E-state index contributed by atoms with van der Waals surface area (Å²) in [6, 6.07) is 49.2. The molecule has 1 aromatic heterocycles. The molecule has 0 radical (unpaired) electrons. The average Bonchev–Trinajstić information content (AvgIpc) is 3.42. The van der Waals surface area contributed by atoms with Gasteiger partial charge in [0.05, 0.1) is 10.4 Å². The van der Waals surface area contributed by atoms with Crippen molar-refractivity contribution in [2.24, 2.45) is 0 Å². The molecule has 42 heavy (non-hydrogen) atoms. The van der Waals surface area contributed by atoms with Gasteiger partial charge < -0.3 is 4.90 Å². The lowest BCUT2D eigenvalue weighted by Gasteiger charge is -2.27. The molecule has 0 aliphatic rings. The van der Waals surface area contributed by atoms with Gasteiger partial charge in [0, 0.05) is 32.2 Å². The number of rotatable bonds is 3. The number of anilines is 3. The van der Waals surface area contributed by atoms with Crippen LogP contribution in [0.3, 0.4) is 0 Å². The Bertz CT molecular complexity index is 2280. The molecule has 2 heteroatoms. The van der Waals surface area contributed by atoms with Crippen molar-refractivity contribution in [3.8, 4) is 0 Å². The minimum atomic E-state index is 0.0971. The first-order valence-electron chi connectivity index (χ1n) is 14.6. The summed E-state index contributed by atoms with van der Waals surface area (Å²) in [5.74, 6) is 0. The van der Waals surface area contributed by atoms with Gasteiger partial charge in [0.25, 0.3) is 0 Å². The van der Waals surface area contributed by atoms with Gasteiger partial charge in [-0.25, -0.2) is 0 Å². The van der Waals surface area contributed by atoms with Crippen LogP contribution in [0.4, 0.5) is 17.1 Å². The van der Waals surface area contributed by atoms with Crippen molar-refractivity contribution in [2.45, 2.75) is 26.2 Å². The van der Waals surface area contributed by atoms with E-state index in [-0.39, 0.29) is 5.41 Å². The molecule has 0 bridgehead atoms. The maximum Gasteiger partial charge on any atom is 0.0640 e. The number of fused-ring (bicyclic) bond motifs is 9. The quantitative estimate of drug-likeness (QED) is 0.195. The monoisotopic (exact) mass is 557 g/mol. The lowest BCUT2D eigenvalue weighted by molar-refractivity contribution is 0.590. The Morgan fingerprint density at radius 2 is 1.07 bits per heavy atom. The van der Waals surface area contributed by atoms with Crippen molar-refractivity contribution in [1.82, 2.24) is 0 Å². The standard InChI is InChI=1S/C40H31NS/c1-40(2,3)28-20-23-29(24-21-28)41(30-22-19-26-11-4-5-12-27(26)25-30)36-18-10-17-35-37-33-15-8-6-13-31(33)32-14-7-9-16-34(32)39(37)42-38(35)36/h4-25H,1-3H3. The van der Waals surface area contributed by atoms with Gasteiger partial charge >= 0.3 is 0 Å². The van der Waals surface area contributed by atoms with E-state index in [4.69, 9.17) is 0 Å². The van der Waals surface area contributed by atoms with Crippen molar-refractivity contribution in [3.05, 3.63) is 139 Å². The number of hydrogen-bond donors (Lipinski definition) is 0. The Hall–Kier alpha value is -4.66. The second-order valence-electron chi connectivity index (χ2n) is 12.2. The molecule has 8 rings (SSSR count). The molecule has 1 nitrogen and oxygen atoms in total. The first-order valence-corrected chi connectivity index (χ1v) is 15.4. The molecule has 7 aromatic carbocycles. The van der Waals surface area contributed by atoms with Crippen molar-refractivity contribution in [3.63, 3.8) is 0 Å². The zero-order chi connectivity index (χ0) is 28.4. The molecule has 0 saturated heterocycles. The van der Waals surface area contributed by atoms with Crippen molar-refractivity contribution in [1.29, 1.82) is 0 Å². The summed E-state index contributed by atoms with van der Waals surface area (Å²) in [5, 5.41) is 10.4. The molecule has 8 aromatic rings. The highest BCUT2D eigenvalue weighted by Crippen LogP contribution is 2.49. The largest absolute Gasteiger partial charge is 0.309 e. The van der Waals surface area contributed by atoms with Crippen molar-refractivity contribution in [2.75, 3.05) is 4.90 Å². The molecular weight excluding hydrogens is 527 g/mol. The molecule has 0 N–H and O–H groups in total. The fourth-order valence-corrected chi connectivity index (χ4v) is 7.80. The van der Waals surface area contributed by atoms with E-state index in [9.17, 15) is 0 Å². The molecule has 1 heterocycles. The fraction of sp³-hybridized carbons (Fsp3) is 0.100. The van der Waals surface area contributed by atoms with Crippen LogP contribution in [0.5, 0.6) is 0 Å². The molecular formula is C40H31NS. The van der Waals surface area contributed by atoms with Crippen LogP contribution in [0.1, 0.15) is 26.3 Å². The highest BCUT2D eigenvalue weighted by molar-refractivity contribution is 7.27. The Morgan fingerprint density at radius 3 is 1.81 bits per heavy atom. The predicted octanol–water partition coefficient (Wildman–Crippen LogP) is 12.3. The Labute approximate surface area is 250 Å². The van der Waals surface area contributed by atoms with Gasteiger partial charge in [-0.2, -0.15) is 0 Å². The van der Waals surface area contributed by atoms with Crippen LogP contribution >= 0.6 is 11.3 Å².